The first-order valence-corrected chi connectivity index (χ1v) is 9.82. The van der Waals surface area contributed by atoms with Crippen molar-refractivity contribution < 1.29 is 26.4 Å². The van der Waals surface area contributed by atoms with E-state index in [0.29, 0.717) is 5.69 Å². The highest BCUT2D eigenvalue weighted by atomic mass is 32.2. The Bertz CT molecular complexity index is 1220. The van der Waals surface area contributed by atoms with Gasteiger partial charge in [0.2, 0.25) is 4.77 Å². The van der Waals surface area contributed by atoms with Crippen LogP contribution < -0.4 is 15.6 Å². The number of anilines is 2. The Morgan fingerprint density at radius 1 is 1.10 bits per heavy atom. The van der Waals surface area contributed by atoms with E-state index in [1.165, 1.54) is 52.6 Å². The molecular weight excluding hydrogens is 447 g/mol. The number of nitrogens with zero attached hydrogens (tertiary/aromatic N) is 3. The van der Waals surface area contributed by atoms with Crippen LogP contribution in [0.4, 0.5) is 24.5 Å². The van der Waals surface area contributed by atoms with E-state index in [1.807, 2.05) is 0 Å². The summed E-state index contributed by atoms with van der Waals surface area (Å²) in [7, 11) is -3.99. The van der Waals surface area contributed by atoms with Gasteiger partial charge in [-0.15, -0.1) is 0 Å². The van der Waals surface area contributed by atoms with Crippen molar-refractivity contribution in [3.05, 3.63) is 53.3 Å². The molecule has 0 saturated heterocycles. The number of sulfonamides is 1. The number of H-pyrrole nitrogens is 1. The molecule has 0 unspecified atom stereocenters. The summed E-state index contributed by atoms with van der Waals surface area (Å²) >= 11 is 4.98. The Morgan fingerprint density at radius 3 is 2.37 bits per heavy atom. The summed E-state index contributed by atoms with van der Waals surface area (Å²) < 4.78 is 65.5. The van der Waals surface area contributed by atoms with Crippen molar-refractivity contribution in [3.63, 3.8) is 0 Å². The van der Waals surface area contributed by atoms with Crippen LogP contribution in [0.5, 0.6) is 0 Å². The molecule has 0 aliphatic rings. The van der Waals surface area contributed by atoms with Gasteiger partial charge in [0.05, 0.1) is 16.3 Å². The van der Waals surface area contributed by atoms with Crippen LogP contribution >= 0.6 is 12.2 Å². The first-order chi connectivity index (χ1) is 14.1. The minimum absolute atomic E-state index is 0.0730. The fourth-order valence-electron chi connectivity index (χ4n) is 2.19. The lowest BCUT2D eigenvalue weighted by atomic mass is 10.3. The Balaban J connectivity index is 1.72. The van der Waals surface area contributed by atoms with Crippen LogP contribution in [0.3, 0.4) is 0 Å². The summed E-state index contributed by atoms with van der Waals surface area (Å²) in [5.41, 5.74) is 4.21. The number of rotatable bonds is 6. The Hall–Kier alpha value is -3.46. The molecule has 0 fully saturated rings. The maximum Gasteiger partial charge on any atom is 0.472 e. The summed E-state index contributed by atoms with van der Waals surface area (Å²) in [6.07, 6.45) is -5.03. The second kappa shape index (κ2) is 8.11. The maximum absolute atomic E-state index is 12.6. The van der Waals surface area contributed by atoms with E-state index in [1.54, 1.807) is 6.07 Å². The van der Waals surface area contributed by atoms with E-state index in [0.717, 1.165) is 0 Å². The molecule has 0 aliphatic heterocycles. The fraction of sp³-hybridized carbons (Fsp3) is 0.0667. The van der Waals surface area contributed by atoms with Crippen molar-refractivity contribution in [3.8, 4) is 5.69 Å². The van der Waals surface area contributed by atoms with Gasteiger partial charge in [-0.05, 0) is 54.7 Å². The molecular formula is C15H12F3N7O3S2. The number of alkyl halides is 3. The summed E-state index contributed by atoms with van der Waals surface area (Å²) in [4.78, 5) is 10.7. The zero-order valence-electron chi connectivity index (χ0n) is 14.6. The van der Waals surface area contributed by atoms with Gasteiger partial charge in [0.1, 0.15) is 0 Å². The molecule has 0 atom stereocenters. The number of aromatic amines is 1. The second-order valence-corrected chi connectivity index (χ2v) is 7.72. The normalized spacial score (nSPS) is 11.7. The first kappa shape index (κ1) is 21.3. The van der Waals surface area contributed by atoms with E-state index in [-0.39, 0.29) is 21.0 Å². The number of benzene rings is 2. The fourth-order valence-corrected chi connectivity index (χ4v) is 3.48. The molecule has 1 amide bonds. The van der Waals surface area contributed by atoms with Crippen LogP contribution in [0.15, 0.2) is 53.4 Å². The van der Waals surface area contributed by atoms with Crippen molar-refractivity contribution in [1.29, 1.82) is 0 Å². The van der Waals surface area contributed by atoms with E-state index < -0.39 is 22.1 Å². The zero-order chi connectivity index (χ0) is 21.9. The molecule has 0 aliphatic carbocycles. The monoisotopic (exact) mass is 459 g/mol. The molecule has 1 heterocycles. The molecule has 0 spiro atoms. The van der Waals surface area contributed by atoms with Crippen molar-refractivity contribution in [1.82, 2.24) is 25.6 Å². The number of halogens is 3. The average Bonchev–Trinajstić information content (AvgIpc) is 3.12. The van der Waals surface area contributed by atoms with E-state index in [9.17, 15) is 26.4 Å². The minimum Gasteiger partial charge on any atom is -0.298 e. The molecule has 3 rings (SSSR count). The Labute approximate surface area is 172 Å². The molecule has 158 valence electrons. The molecule has 0 radical (unpaired) electrons. The van der Waals surface area contributed by atoms with Crippen LogP contribution in [0.1, 0.15) is 0 Å². The maximum atomic E-state index is 12.6. The van der Waals surface area contributed by atoms with Crippen LogP contribution in [-0.4, -0.2) is 40.7 Å². The molecule has 3 aromatic rings. The molecule has 2 aromatic carbocycles. The third-order valence-electron chi connectivity index (χ3n) is 3.57. The Kier molecular flexibility index (Phi) is 5.75. The van der Waals surface area contributed by atoms with Crippen LogP contribution in [0, 0.1) is 4.77 Å². The molecule has 0 bridgehead atoms. The SMILES string of the molecule is O=C(NNc1ccc(NS(=O)(=O)c2cccc(-n3[nH]nnc3=S)c2)cc1)C(F)(F)F. The van der Waals surface area contributed by atoms with Crippen molar-refractivity contribution in [2.45, 2.75) is 11.1 Å². The quantitative estimate of drug-likeness (QED) is 0.328. The molecule has 1 aromatic heterocycles. The smallest absolute Gasteiger partial charge is 0.298 e. The molecule has 10 nitrogen and oxygen atoms in total. The third-order valence-corrected chi connectivity index (χ3v) is 5.22. The van der Waals surface area contributed by atoms with Gasteiger partial charge in [0, 0.05) is 5.69 Å². The lowest BCUT2D eigenvalue weighted by molar-refractivity contribution is -0.173. The van der Waals surface area contributed by atoms with E-state index in [2.05, 4.69) is 25.7 Å². The number of carbonyl (C=O) groups excluding carboxylic acids is 1. The molecule has 15 heteroatoms. The number of hydrazine groups is 1. The van der Waals surface area contributed by atoms with Gasteiger partial charge in [-0.1, -0.05) is 16.4 Å². The van der Waals surface area contributed by atoms with Gasteiger partial charge in [0.25, 0.3) is 10.0 Å². The van der Waals surface area contributed by atoms with Gasteiger partial charge >= 0.3 is 12.1 Å². The first-order valence-electron chi connectivity index (χ1n) is 7.93. The molecule has 4 N–H and O–H groups in total. The minimum atomic E-state index is -5.03. The van der Waals surface area contributed by atoms with Crippen molar-refractivity contribution >= 4 is 39.5 Å². The van der Waals surface area contributed by atoms with Gasteiger partial charge in [0.15, 0.2) is 0 Å². The zero-order valence-corrected chi connectivity index (χ0v) is 16.3. The largest absolute Gasteiger partial charge is 0.472 e. The van der Waals surface area contributed by atoms with Gasteiger partial charge in [-0.2, -0.15) is 18.4 Å². The number of hydrogen-bond acceptors (Lipinski definition) is 7. The predicted octanol–water partition coefficient (Wildman–Crippen LogP) is 2.13. The number of nitrogens with one attached hydrogen (secondary N) is 4. The summed E-state index contributed by atoms with van der Waals surface area (Å²) in [5, 5.41) is 9.66. The van der Waals surface area contributed by atoms with Crippen molar-refractivity contribution in [2.75, 3.05) is 10.1 Å². The average molecular weight is 459 g/mol. The second-order valence-electron chi connectivity index (χ2n) is 5.68. The van der Waals surface area contributed by atoms with E-state index >= 15 is 0 Å². The topological polar surface area (TPSA) is 134 Å². The summed E-state index contributed by atoms with van der Waals surface area (Å²) in [6.45, 7) is 0. The highest BCUT2D eigenvalue weighted by Crippen LogP contribution is 2.20. The van der Waals surface area contributed by atoms with Crippen LogP contribution in [0.25, 0.3) is 5.69 Å². The van der Waals surface area contributed by atoms with Gasteiger partial charge < -0.3 is 0 Å². The summed E-state index contributed by atoms with van der Waals surface area (Å²) in [5.74, 6) is -2.17. The number of tetrazole rings is 1. The van der Waals surface area contributed by atoms with Gasteiger partial charge in [-0.3, -0.25) is 20.4 Å². The Morgan fingerprint density at radius 2 is 1.77 bits per heavy atom. The lowest BCUT2D eigenvalue weighted by Crippen LogP contribution is -2.40. The van der Waals surface area contributed by atoms with E-state index in [4.69, 9.17) is 12.2 Å². The molecule has 0 saturated carbocycles. The highest BCUT2D eigenvalue weighted by molar-refractivity contribution is 7.92. The van der Waals surface area contributed by atoms with Crippen LogP contribution in [-0.2, 0) is 14.8 Å². The van der Waals surface area contributed by atoms with Gasteiger partial charge in [-0.25, -0.2) is 13.1 Å². The number of amides is 1. The third kappa shape index (κ3) is 4.93. The highest BCUT2D eigenvalue weighted by Gasteiger charge is 2.38. The predicted molar refractivity (Wildman–Crippen MR) is 102 cm³/mol. The number of aromatic nitrogens is 4. The van der Waals surface area contributed by atoms with Crippen molar-refractivity contribution in [2.24, 2.45) is 0 Å². The molecule has 30 heavy (non-hydrogen) atoms. The standard InChI is InChI=1S/C15H12F3N7O3S2/c16-15(17,18)13(26)20-19-9-4-6-10(7-5-9)22-30(27,28)12-3-1-2-11(8-12)25-14(29)21-23-24-25/h1-8,19,22H,(H,20,26)(H,21,24,29). The summed E-state index contributed by atoms with van der Waals surface area (Å²) in [6, 6.07) is 11.0. The number of carbonyl (C=O) groups is 1. The van der Waals surface area contributed by atoms with Crippen LogP contribution in [0.2, 0.25) is 0 Å². The lowest BCUT2D eigenvalue weighted by Gasteiger charge is -2.12. The number of hydrogen-bond donors (Lipinski definition) is 4.